The Balaban J connectivity index is 1.68. The summed E-state index contributed by atoms with van der Waals surface area (Å²) in [5.74, 6) is 0.272. The van der Waals surface area contributed by atoms with Gasteiger partial charge in [0.2, 0.25) is 6.29 Å². The van der Waals surface area contributed by atoms with Crippen LogP contribution >= 0.6 is 0 Å². The zero-order chi connectivity index (χ0) is 21.4. The van der Waals surface area contributed by atoms with Gasteiger partial charge in [-0.2, -0.15) is 0 Å². The second-order valence-corrected chi connectivity index (χ2v) is 6.97. The van der Waals surface area contributed by atoms with Crippen molar-refractivity contribution in [3.63, 3.8) is 0 Å². The van der Waals surface area contributed by atoms with Gasteiger partial charge in [0.25, 0.3) is 0 Å². The SMILES string of the molecule is O=c1cc(-c2ccccc2O)oc2cc(O[C@@H]3O[C@H](CO)[C@@H](O)[C@H](O)[C@@H]3O)ccc12. The van der Waals surface area contributed by atoms with E-state index in [9.17, 15) is 30.3 Å². The Morgan fingerprint density at radius 3 is 2.47 bits per heavy atom. The Morgan fingerprint density at radius 2 is 1.73 bits per heavy atom. The Hall–Kier alpha value is -2.95. The maximum Gasteiger partial charge on any atom is 0.229 e. The van der Waals surface area contributed by atoms with Gasteiger partial charge in [-0.15, -0.1) is 0 Å². The molecule has 0 unspecified atom stereocenters. The number of aliphatic hydroxyl groups is 4. The number of rotatable bonds is 4. The fourth-order valence-corrected chi connectivity index (χ4v) is 3.32. The Bertz CT molecular complexity index is 1110. The van der Waals surface area contributed by atoms with E-state index in [4.69, 9.17) is 13.9 Å². The van der Waals surface area contributed by atoms with Crippen molar-refractivity contribution in [1.82, 2.24) is 0 Å². The lowest BCUT2D eigenvalue weighted by Crippen LogP contribution is -2.60. The van der Waals surface area contributed by atoms with E-state index in [1.165, 1.54) is 30.3 Å². The summed E-state index contributed by atoms with van der Waals surface area (Å²) < 4.78 is 16.7. The van der Waals surface area contributed by atoms with Gasteiger partial charge in [0, 0.05) is 12.1 Å². The zero-order valence-corrected chi connectivity index (χ0v) is 15.6. The van der Waals surface area contributed by atoms with Crippen LogP contribution in [-0.2, 0) is 4.74 Å². The molecule has 4 rings (SSSR count). The first-order valence-electron chi connectivity index (χ1n) is 9.22. The van der Waals surface area contributed by atoms with Gasteiger partial charge >= 0.3 is 0 Å². The lowest BCUT2D eigenvalue weighted by Gasteiger charge is -2.39. The van der Waals surface area contributed by atoms with Crippen LogP contribution in [0.5, 0.6) is 11.5 Å². The highest BCUT2D eigenvalue weighted by molar-refractivity contribution is 5.80. The van der Waals surface area contributed by atoms with Crippen LogP contribution in [0.3, 0.4) is 0 Å². The van der Waals surface area contributed by atoms with E-state index >= 15 is 0 Å². The molecule has 158 valence electrons. The summed E-state index contributed by atoms with van der Waals surface area (Å²) in [6.07, 6.45) is -7.13. The van der Waals surface area contributed by atoms with Crippen molar-refractivity contribution in [2.45, 2.75) is 30.7 Å². The van der Waals surface area contributed by atoms with Crippen molar-refractivity contribution in [2.75, 3.05) is 6.61 Å². The zero-order valence-electron chi connectivity index (χ0n) is 15.6. The van der Waals surface area contributed by atoms with Gasteiger partial charge in [0.15, 0.2) is 5.43 Å². The number of para-hydroxylation sites is 1. The van der Waals surface area contributed by atoms with Gasteiger partial charge in [0.05, 0.1) is 17.6 Å². The molecule has 0 saturated carbocycles. The maximum atomic E-state index is 12.5. The molecule has 0 spiro atoms. The van der Waals surface area contributed by atoms with Crippen LogP contribution in [0.15, 0.2) is 57.7 Å². The van der Waals surface area contributed by atoms with Crippen molar-refractivity contribution in [2.24, 2.45) is 0 Å². The maximum absolute atomic E-state index is 12.5. The van der Waals surface area contributed by atoms with Gasteiger partial charge in [0.1, 0.15) is 47.3 Å². The van der Waals surface area contributed by atoms with Crippen molar-refractivity contribution in [1.29, 1.82) is 0 Å². The molecular formula is C21H20O9. The van der Waals surface area contributed by atoms with Crippen molar-refractivity contribution >= 4 is 11.0 Å². The van der Waals surface area contributed by atoms with Gasteiger partial charge in [-0.3, -0.25) is 4.79 Å². The lowest BCUT2D eigenvalue weighted by molar-refractivity contribution is -0.277. The van der Waals surface area contributed by atoms with E-state index in [-0.39, 0.29) is 33.7 Å². The van der Waals surface area contributed by atoms with Gasteiger partial charge < -0.3 is 39.4 Å². The smallest absolute Gasteiger partial charge is 0.229 e. The number of hydrogen-bond acceptors (Lipinski definition) is 9. The molecule has 30 heavy (non-hydrogen) atoms. The van der Waals surface area contributed by atoms with Crippen molar-refractivity contribution in [3.05, 3.63) is 58.8 Å². The summed E-state index contributed by atoms with van der Waals surface area (Å²) >= 11 is 0. The first kappa shape index (κ1) is 20.3. The molecule has 1 aromatic heterocycles. The minimum absolute atomic E-state index is 0.0475. The average Bonchev–Trinajstić information content (AvgIpc) is 2.74. The Kier molecular flexibility index (Phi) is 5.46. The normalized spacial score (nSPS) is 26.6. The van der Waals surface area contributed by atoms with E-state index in [1.807, 2.05) is 0 Å². The summed E-state index contributed by atoms with van der Waals surface area (Å²) in [4.78, 5) is 12.5. The lowest BCUT2D eigenvalue weighted by atomic mass is 9.99. The number of phenols is 1. The van der Waals surface area contributed by atoms with E-state index < -0.39 is 37.3 Å². The summed E-state index contributed by atoms with van der Waals surface area (Å²) in [6, 6.07) is 12.0. The number of hydrogen-bond donors (Lipinski definition) is 5. The van der Waals surface area contributed by atoms with Gasteiger partial charge in [-0.25, -0.2) is 0 Å². The third-order valence-electron chi connectivity index (χ3n) is 4.97. The summed E-state index contributed by atoms with van der Waals surface area (Å²) in [5.41, 5.74) is 0.188. The molecule has 3 aromatic rings. The highest BCUT2D eigenvalue weighted by atomic mass is 16.7. The molecule has 0 radical (unpaired) electrons. The molecule has 1 aliphatic heterocycles. The highest BCUT2D eigenvalue weighted by Gasteiger charge is 2.44. The highest BCUT2D eigenvalue weighted by Crippen LogP contribution is 2.31. The largest absolute Gasteiger partial charge is 0.507 e. The first-order valence-corrected chi connectivity index (χ1v) is 9.22. The minimum atomic E-state index is -1.58. The number of benzene rings is 2. The van der Waals surface area contributed by atoms with E-state index in [0.29, 0.717) is 5.56 Å². The Morgan fingerprint density at radius 1 is 0.967 bits per heavy atom. The summed E-state index contributed by atoms with van der Waals surface area (Å²) in [5, 5.41) is 49.4. The molecular weight excluding hydrogens is 396 g/mol. The molecule has 9 heteroatoms. The number of aliphatic hydroxyl groups excluding tert-OH is 4. The predicted molar refractivity (Wildman–Crippen MR) is 104 cm³/mol. The number of aromatic hydroxyl groups is 1. The quantitative estimate of drug-likeness (QED) is 0.406. The molecule has 5 N–H and O–H groups in total. The average molecular weight is 416 g/mol. The monoisotopic (exact) mass is 416 g/mol. The molecule has 0 bridgehead atoms. The van der Waals surface area contributed by atoms with Crippen LogP contribution < -0.4 is 10.2 Å². The van der Waals surface area contributed by atoms with Crippen LogP contribution in [0, 0.1) is 0 Å². The third kappa shape index (κ3) is 3.64. The standard InChI is InChI=1S/C21H20O9/c22-9-17-18(25)19(26)20(27)21(30-17)28-10-5-6-12-14(24)8-16(29-15(12)7-10)11-3-1-2-4-13(11)23/h1-8,17-23,25-27H,9H2/t17-,18-,19+,20+,21-/m1/s1. The van der Waals surface area contributed by atoms with Crippen molar-refractivity contribution < 1.29 is 39.4 Å². The number of fused-ring (bicyclic) bond motifs is 1. The van der Waals surface area contributed by atoms with E-state index in [2.05, 4.69) is 0 Å². The summed E-state index contributed by atoms with van der Waals surface area (Å²) in [6.45, 7) is -0.582. The molecule has 1 fully saturated rings. The van der Waals surface area contributed by atoms with Gasteiger partial charge in [-0.05, 0) is 24.3 Å². The van der Waals surface area contributed by atoms with Crippen LogP contribution in [0.4, 0.5) is 0 Å². The molecule has 9 nitrogen and oxygen atoms in total. The van der Waals surface area contributed by atoms with Crippen LogP contribution in [0.25, 0.3) is 22.3 Å². The third-order valence-corrected chi connectivity index (χ3v) is 4.97. The number of ether oxygens (including phenoxy) is 2. The molecule has 2 heterocycles. The fourth-order valence-electron chi connectivity index (χ4n) is 3.32. The van der Waals surface area contributed by atoms with Crippen LogP contribution in [0.1, 0.15) is 0 Å². The first-order chi connectivity index (χ1) is 14.4. The molecule has 0 amide bonds. The van der Waals surface area contributed by atoms with Gasteiger partial charge in [-0.1, -0.05) is 12.1 Å². The minimum Gasteiger partial charge on any atom is -0.507 e. The van der Waals surface area contributed by atoms with E-state index in [1.54, 1.807) is 18.2 Å². The summed E-state index contributed by atoms with van der Waals surface area (Å²) in [7, 11) is 0. The van der Waals surface area contributed by atoms with Crippen LogP contribution in [-0.4, -0.2) is 62.8 Å². The Labute approximate surface area is 170 Å². The molecule has 5 atom stereocenters. The van der Waals surface area contributed by atoms with Crippen LogP contribution in [0.2, 0.25) is 0 Å². The number of phenolic OH excluding ortho intramolecular Hbond substituents is 1. The second kappa shape index (κ2) is 8.05. The topological polar surface area (TPSA) is 150 Å². The molecule has 1 saturated heterocycles. The molecule has 0 aliphatic carbocycles. The molecule has 2 aromatic carbocycles. The molecule has 1 aliphatic rings. The van der Waals surface area contributed by atoms with Crippen molar-refractivity contribution in [3.8, 4) is 22.8 Å². The second-order valence-electron chi connectivity index (χ2n) is 6.97. The predicted octanol–water partition coefficient (Wildman–Crippen LogP) is 0.344. The van der Waals surface area contributed by atoms with E-state index in [0.717, 1.165) is 0 Å². The fraction of sp³-hybridized carbons (Fsp3) is 0.286.